The summed E-state index contributed by atoms with van der Waals surface area (Å²) in [6.07, 6.45) is 69.4. The summed E-state index contributed by atoms with van der Waals surface area (Å²) in [7, 11) is 0. The standard InChI is InChI=1S/C63H118O6/c1-4-7-10-13-16-18-20-22-24-25-26-27-28-29-30-31-32-33-34-35-36-37-38-39-41-42-44-47-50-53-56-62(65)68-59-60(58-67-61(64)55-52-49-46-15-12-9-6-3)69-63(66)57-54-51-48-45-43-40-23-21-19-17-14-11-8-5-2/h14,17,21,23,60H,4-13,15-16,18-20,22,24-59H2,1-3H3/b17-14-,23-21-. The summed E-state index contributed by atoms with van der Waals surface area (Å²) in [6.45, 7) is 6.59. The third-order valence-electron chi connectivity index (χ3n) is 14.0. The molecule has 69 heavy (non-hydrogen) atoms. The Hall–Kier alpha value is -2.11. The highest BCUT2D eigenvalue weighted by atomic mass is 16.6. The molecule has 0 aliphatic carbocycles. The zero-order chi connectivity index (χ0) is 50.0. The maximum atomic E-state index is 12.8. The van der Waals surface area contributed by atoms with Crippen molar-refractivity contribution in [3.8, 4) is 0 Å². The third kappa shape index (κ3) is 56.7. The lowest BCUT2D eigenvalue weighted by Crippen LogP contribution is -2.30. The second-order valence-corrected chi connectivity index (χ2v) is 21.0. The topological polar surface area (TPSA) is 78.9 Å². The average Bonchev–Trinajstić information content (AvgIpc) is 3.35. The lowest BCUT2D eigenvalue weighted by molar-refractivity contribution is -0.167. The van der Waals surface area contributed by atoms with Gasteiger partial charge in [-0.05, 0) is 44.9 Å². The molecule has 0 aliphatic heterocycles. The fourth-order valence-electron chi connectivity index (χ4n) is 9.29. The summed E-state index contributed by atoms with van der Waals surface area (Å²) in [4.78, 5) is 37.9. The number of carbonyl (C=O) groups is 3. The molecule has 0 aromatic carbocycles. The molecule has 0 radical (unpaired) electrons. The molecule has 0 heterocycles. The fraction of sp³-hybridized carbons (Fsp3) is 0.889. The van der Waals surface area contributed by atoms with E-state index in [0.29, 0.717) is 19.3 Å². The number of esters is 3. The normalized spacial score (nSPS) is 12.1. The van der Waals surface area contributed by atoms with E-state index in [1.165, 1.54) is 218 Å². The van der Waals surface area contributed by atoms with Crippen molar-refractivity contribution in [3.05, 3.63) is 24.3 Å². The van der Waals surface area contributed by atoms with Gasteiger partial charge in [0.2, 0.25) is 0 Å². The van der Waals surface area contributed by atoms with Crippen molar-refractivity contribution >= 4 is 17.9 Å². The lowest BCUT2D eigenvalue weighted by Gasteiger charge is -2.18. The van der Waals surface area contributed by atoms with Gasteiger partial charge in [-0.2, -0.15) is 0 Å². The second-order valence-electron chi connectivity index (χ2n) is 21.0. The van der Waals surface area contributed by atoms with Crippen LogP contribution in [0.4, 0.5) is 0 Å². The van der Waals surface area contributed by atoms with Crippen LogP contribution in [0.5, 0.6) is 0 Å². The van der Waals surface area contributed by atoms with Gasteiger partial charge in [-0.25, -0.2) is 0 Å². The summed E-state index contributed by atoms with van der Waals surface area (Å²) in [6, 6.07) is 0. The fourth-order valence-corrected chi connectivity index (χ4v) is 9.29. The van der Waals surface area contributed by atoms with E-state index in [1.54, 1.807) is 0 Å². The van der Waals surface area contributed by atoms with Crippen LogP contribution in [0.25, 0.3) is 0 Å². The molecule has 0 amide bonds. The summed E-state index contributed by atoms with van der Waals surface area (Å²) in [5, 5.41) is 0. The minimum atomic E-state index is -0.772. The summed E-state index contributed by atoms with van der Waals surface area (Å²) < 4.78 is 16.8. The quantitative estimate of drug-likeness (QED) is 0.0261. The number of rotatable bonds is 57. The van der Waals surface area contributed by atoms with Gasteiger partial charge in [-0.3, -0.25) is 14.4 Å². The first kappa shape index (κ1) is 66.9. The van der Waals surface area contributed by atoms with E-state index in [1.807, 2.05) is 0 Å². The van der Waals surface area contributed by atoms with Crippen molar-refractivity contribution in [2.75, 3.05) is 13.2 Å². The van der Waals surface area contributed by atoms with E-state index in [4.69, 9.17) is 14.2 Å². The highest BCUT2D eigenvalue weighted by Gasteiger charge is 2.19. The van der Waals surface area contributed by atoms with Gasteiger partial charge >= 0.3 is 17.9 Å². The molecule has 0 saturated heterocycles. The molecule has 0 bridgehead atoms. The van der Waals surface area contributed by atoms with E-state index < -0.39 is 6.10 Å². The molecule has 0 N–H and O–H groups in total. The first-order valence-electron chi connectivity index (χ1n) is 30.8. The van der Waals surface area contributed by atoms with Crippen LogP contribution in [0, 0.1) is 0 Å². The summed E-state index contributed by atoms with van der Waals surface area (Å²) in [5.41, 5.74) is 0. The Morgan fingerprint density at radius 1 is 0.290 bits per heavy atom. The summed E-state index contributed by atoms with van der Waals surface area (Å²) >= 11 is 0. The van der Waals surface area contributed by atoms with Crippen LogP contribution in [0.1, 0.15) is 342 Å². The number of unbranched alkanes of at least 4 members (excludes halogenated alkanes) is 42. The SMILES string of the molecule is CCCC/C=C\C/C=C\CCCCCCCC(=O)OC(COC(=O)CCCCCCCCC)COC(=O)CCCCCCCCCCCCCCCCCCCCCCCCCCCCCCCC. The second kappa shape index (κ2) is 58.5. The largest absolute Gasteiger partial charge is 0.462 e. The Morgan fingerprint density at radius 2 is 0.536 bits per heavy atom. The number of carbonyl (C=O) groups excluding carboxylic acids is 3. The number of hydrogen-bond acceptors (Lipinski definition) is 6. The molecule has 0 fully saturated rings. The highest BCUT2D eigenvalue weighted by Crippen LogP contribution is 2.18. The molecule has 0 spiro atoms. The first-order chi connectivity index (χ1) is 34.0. The van der Waals surface area contributed by atoms with Crippen molar-refractivity contribution in [1.29, 1.82) is 0 Å². The minimum absolute atomic E-state index is 0.0725. The van der Waals surface area contributed by atoms with Gasteiger partial charge in [0.05, 0.1) is 0 Å². The van der Waals surface area contributed by atoms with Crippen molar-refractivity contribution in [3.63, 3.8) is 0 Å². The Balaban J connectivity index is 3.97. The molecule has 0 aromatic rings. The van der Waals surface area contributed by atoms with E-state index in [9.17, 15) is 14.4 Å². The summed E-state index contributed by atoms with van der Waals surface area (Å²) in [5.74, 6) is -0.875. The van der Waals surface area contributed by atoms with Gasteiger partial charge in [0, 0.05) is 19.3 Å². The molecule has 6 heteroatoms. The predicted molar refractivity (Wildman–Crippen MR) is 298 cm³/mol. The van der Waals surface area contributed by atoms with Crippen molar-refractivity contribution < 1.29 is 28.6 Å². The number of hydrogen-bond donors (Lipinski definition) is 0. The van der Waals surface area contributed by atoms with E-state index in [-0.39, 0.29) is 31.1 Å². The van der Waals surface area contributed by atoms with Crippen LogP contribution < -0.4 is 0 Å². The van der Waals surface area contributed by atoms with Gasteiger partial charge in [0.25, 0.3) is 0 Å². The number of ether oxygens (including phenoxy) is 3. The molecule has 0 aromatic heterocycles. The predicted octanol–water partition coefficient (Wildman–Crippen LogP) is 20.7. The first-order valence-corrected chi connectivity index (χ1v) is 30.8. The van der Waals surface area contributed by atoms with E-state index >= 15 is 0 Å². The van der Waals surface area contributed by atoms with Crippen LogP contribution in [0.2, 0.25) is 0 Å². The molecule has 0 saturated carbocycles. The van der Waals surface area contributed by atoms with Crippen LogP contribution in [0.15, 0.2) is 24.3 Å². The van der Waals surface area contributed by atoms with Crippen LogP contribution in [-0.2, 0) is 28.6 Å². The van der Waals surface area contributed by atoms with Crippen molar-refractivity contribution in [2.24, 2.45) is 0 Å². The Kier molecular flexibility index (Phi) is 56.7. The maximum Gasteiger partial charge on any atom is 0.306 e. The molecular weight excluding hydrogens is 853 g/mol. The molecule has 406 valence electrons. The Labute approximate surface area is 430 Å². The smallest absolute Gasteiger partial charge is 0.306 e. The Bertz CT molecular complexity index is 1110. The average molecular weight is 972 g/mol. The van der Waals surface area contributed by atoms with Crippen LogP contribution in [-0.4, -0.2) is 37.2 Å². The zero-order valence-electron chi connectivity index (χ0n) is 46.6. The monoisotopic (exact) mass is 971 g/mol. The van der Waals surface area contributed by atoms with Crippen molar-refractivity contribution in [1.82, 2.24) is 0 Å². The molecule has 6 nitrogen and oxygen atoms in total. The Morgan fingerprint density at radius 3 is 0.841 bits per heavy atom. The molecule has 1 atom stereocenters. The number of allylic oxidation sites excluding steroid dienone is 4. The van der Waals surface area contributed by atoms with Crippen LogP contribution >= 0.6 is 0 Å². The lowest BCUT2D eigenvalue weighted by atomic mass is 10.0. The van der Waals surface area contributed by atoms with E-state index in [2.05, 4.69) is 45.1 Å². The van der Waals surface area contributed by atoms with Crippen molar-refractivity contribution in [2.45, 2.75) is 348 Å². The van der Waals surface area contributed by atoms with Gasteiger partial charge in [-0.1, -0.05) is 302 Å². The van der Waals surface area contributed by atoms with Gasteiger partial charge in [0.1, 0.15) is 13.2 Å². The molecule has 0 aliphatic rings. The zero-order valence-corrected chi connectivity index (χ0v) is 46.6. The molecular formula is C63H118O6. The van der Waals surface area contributed by atoms with Crippen LogP contribution in [0.3, 0.4) is 0 Å². The highest BCUT2D eigenvalue weighted by molar-refractivity contribution is 5.71. The van der Waals surface area contributed by atoms with Gasteiger partial charge < -0.3 is 14.2 Å². The van der Waals surface area contributed by atoms with Gasteiger partial charge in [-0.15, -0.1) is 0 Å². The third-order valence-corrected chi connectivity index (χ3v) is 14.0. The molecule has 0 rings (SSSR count). The van der Waals surface area contributed by atoms with Gasteiger partial charge in [0.15, 0.2) is 6.10 Å². The minimum Gasteiger partial charge on any atom is -0.462 e. The molecule has 1 unspecified atom stereocenters. The maximum absolute atomic E-state index is 12.8. The van der Waals surface area contributed by atoms with E-state index in [0.717, 1.165) is 83.5 Å².